The standard InChI is InChI=1S/C20H19N3O5S/c24-19(21-13-17-7-4-12-28-17)14-22-20(25)15-8-10-18(11-9-15)29(26,27)23-16-5-2-1-3-6-16/h1-12,23H,13-14H2,(H,21,24)(H,22,25). The molecule has 0 saturated heterocycles. The van der Waals surface area contributed by atoms with Crippen LogP contribution in [0.25, 0.3) is 0 Å². The highest BCUT2D eigenvalue weighted by molar-refractivity contribution is 7.92. The predicted molar refractivity (Wildman–Crippen MR) is 107 cm³/mol. The van der Waals surface area contributed by atoms with Crippen molar-refractivity contribution in [2.75, 3.05) is 11.3 Å². The molecular formula is C20H19N3O5S. The van der Waals surface area contributed by atoms with Gasteiger partial charge in [0.25, 0.3) is 15.9 Å². The zero-order valence-corrected chi connectivity index (χ0v) is 16.1. The maximum Gasteiger partial charge on any atom is 0.261 e. The van der Waals surface area contributed by atoms with Crippen LogP contribution in [0.4, 0.5) is 5.69 Å². The normalized spacial score (nSPS) is 10.9. The first-order chi connectivity index (χ1) is 13.9. The average molecular weight is 413 g/mol. The number of carbonyl (C=O) groups is 2. The summed E-state index contributed by atoms with van der Waals surface area (Å²) in [5.41, 5.74) is 0.678. The number of sulfonamides is 1. The molecule has 29 heavy (non-hydrogen) atoms. The first-order valence-corrected chi connectivity index (χ1v) is 10.2. The van der Waals surface area contributed by atoms with Gasteiger partial charge >= 0.3 is 0 Å². The molecule has 0 bridgehead atoms. The van der Waals surface area contributed by atoms with Crippen molar-refractivity contribution in [3.05, 3.63) is 84.3 Å². The summed E-state index contributed by atoms with van der Waals surface area (Å²) in [6, 6.07) is 17.4. The van der Waals surface area contributed by atoms with Gasteiger partial charge < -0.3 is 15.1 Å². The largest absolute Gasteiger partial charge is 0.467 e. The molecule has 2 aromatic carbocycles. The summed E-state index contributed by atoms with van der Waals surface area (Å²) in [5.74, 6) is -0.260. The van der Waals surface area contributed by atoms with Crippen LogP contribution in [0.5, 0.6) is 0 Å². The van der Waals surface area contributed by atoms with Crippen LogP contribution in [0.2, 0.25) is 0 Å². The zero-order chi connectivity index (χ0) is 20.7. The van der Waals surface area contributed by atoms with Crippen molar-refractivity contribution in [2.45, 2.75) is 11.4 Å². The van der Waals surface area contributed by atoms with Crippen LogP contribution in [0.15, 0.2) is 82.3 Å². The van der Waals surface area contributed by atoms with Gasteiger partial charge in [-0.1, -0.05) is 18.2 Å². The van der Waals surface area contributed by atoms with Crippen LogP contribution in [0, 0.1) is 0 Å². The third-order valence-corrected chi connectivity index (χ3v) is 5.30. The molecule has 0 spiro atoms. The molecule has 150 valence electrons. The predicted octanol–water partition coefficient (Wildman–Crippen LogP) is 2.13. The van der Waals surface area contributed by atoms with Crippen molar-refractivity contribution >= 4 is 27.5 Å². The van der Waals surface area contributed by atoms with Crippen molar-refractivity contribution < 1.29 is 22.4 Å². The Morgan fingerprint density at radius 3 is 2.24 bits per heavy atom. The second-order valence-corrected chi connectivity index (χ2v) is 7.72. The summed E-state index contributed by atoms with van der Waals surface area (Å²) < 4.78 is 32.3. The lowest BCUT2D eigenvalue weighted by Gasteiger charge is -2.09. The van der Waals surface area contributed by atoms with E-state index in [4.69, 9.17) is 4.42 Å². The molecule has 0 unspecified atom stereocenters. The van der Waals surface area contributed by atoms with E-state index in [0.717, 1.165) is 0 Å². The fraction of sp³-hybridized carbons (Fsp3) is 0.100. The fourth-order valence-corrected chi connectivity index (χ4v) is 3.49. The van der Waals surface area contributed by atoms with Crippen molar-refractivity contribution in [1.82, 2.24) is 10.6 Å². The number of amides is 2. The summed E-state index contributed by atoms with van der Waals surface area (Å²) in [5, 5.41) is 5.09. The van der Waals surface area contributed by atoms with E-state index in [1.165, 1.54) is 30.5 Å². The molecule has 0 aliphatic heterocycles. The molecule has 0 aliphatic rings. The van der Waals surface area contributed by atoms with Crippen molar-refractivity contribution in [3.8, 4) is 0 Å². The molecule has 3 aromatic rings. The number of furan rings is 1. The Morgan fingerprint density at radius 1 is 0.862 bits per heavy atom. The Kier molecular flexibility index (Phi) is 6.30. The summed E-state index contributed by atoms with van der Waals surface area (Å²) in [6.07, 6.45) is 1.50. The highest BCUT2D eigenvalue weighted by atomic mass is 32.2. The zero-order valence-electron chi connectivity index (χ0n) is 15.3. The molecule has 8 nitrogen and oxygen atoms in total. The molecule has 0 fully saturated rings. The second kappa shape index (κ2) is 9.07. The second-order valence-electron chi connectivity index (χ2n) is 6.03. The van der Waals surface area contributed by atoms with E-state index >= 15 is 0 Å². The van der Waals surface area contributed by atoms with Crippen molar-refractivity contribution in [2.24, 2.45) is 0 Å². The number of rotatable bonds is 8. The average Bonchev–Trinajstić information content (AvgIpc) is 3.25. The molecular weight excluding hydrogens is 394 g/mol. The van der Waals surface area contributed by atoms with Crippen LogP contribution >= 0.6 is 0 Å². The van der Waals surface area contributed by atoms with Gasteiger partial charge in [0.2, 0.25) is 5.91 Å². The van der Waals surface area contributed by atoms with Gasteiger partial charge in [0, 0.05) is 11.3 Å². The lowest BCUT2D eigenvalue weighted by Crippen LogP contribution is -2.36. The molecule has 9 heteroatoms. The van der Waals surface area contributed by atoms with E-state index in [0.29, 0.717) is 11.4 Å². The van der Waals surface area contributed by atoms with Gasteiger partial charge in [-0.2, -0.15) is 0 Å². The van der Waals surface area contributed by atoms with Crippen LogP contribution in [0.3, 0.4) is 0 Å². The Hall–Kier alpha value is -3.59. The number of carbonyl (C=O) groups excluding carboxylic acids is 2. The molecule has 0 radical (unpaired) electrons. The molecule has 2 amide bonds. The van der Waals surface area contributed by atoms with Gasteiger partial charge in [-0.05, 0) is 48.5 Å². The van der Waals surface area contributed by atoms with Crippen LogP contribution < -0.4 is 15.4 Å². The molecule has 1 aromatic heterocycles. The lowest BCUT2D eigenvalue weighted by atomic mass is 10.2. The quantitative estimate of drug-likeness (QED) is 0.523. The lowest BCUT2D eigenvalue weighted by molar-refractivity contribution is -0.120. The monoisotopic (exact) mass is 413 g/mol. The number of hydrogen-bond acceptors (Lipinski definition) is 5. The Morgan fingerprint density at radius 2 is 1.59 bits per heavy atom. The van der Waals surface area contributed by atoms with E-state index in [-0.39, 0.29) is 29.5 Å². The number of anilines is 1. The first kappa shape index (κ1) is 20.2. The minimum Gasteiger partial charge on any atom is -0.467 e. The topological polar surface area (TPSA) is 118 Å². The summed E-state index contributed by atoms with van der Waals surface area (Å²) >= 11 is 0. The molecule has 0 aliphatic carbocycles. The van der Waals surface area contributed by atoms with Crippen LogP contribution in [0.1, 0.15) is 16.1 Å². The summed E-state index contributed by atoms with van der Waals surface area (Å²) in [6.45, 7) is 0.0117. The van der Waals surface area contributed by atoms with E-state index < -0.39 is 15.9 Å². The Bertz CT molecular complexity index is 1060. The Labute approximate surface area is 168 Å². The molecule has 0 atom stereocenters. The van der Waals surface area contributed by atoms with E-state index in [9.17, 15) is 18.0 Å². The van der Waals surface area contributed by atoms with E-state index in [2.05, 4.69) is 15.4 Å². The fourth-order valence-electron chi connectivity index (χ4n) is 2.43. The Balaban J connectivity index is 1.53. The van der Waals surface area contributed by atoms with Crippen LogP contribution in [-0.2, 0) is 21.4 Å². The summed E-state index contributed by atoms with van der Waals surface area (Å²) in [7, 11) is -3.77. The smallest absolute Gasteiger partial charge is 0.261 e. The highest BCUT2D eigenvalue weighted by Gasteiger charge is 2.15. The minimum absolute atomic E-state index is 0.0223. The molecule has 3 rings (SSSR count). The highest BCUT2D eigenvalue weighted by Crippen LogP contribution is 2.16. The van der Waals surface area contributed by atoms with Crippen molar-refractivity contribution in [1.29, 1.82) is 0 Å². The maximum atomic E-state index is 12.4. The number of nitrogens with one attached hydrogen (secondary N) is 3. The molecule has 3 N–H and O–H groups in total. The van der Waals surface area contributed by atoms with E-state index in [1.807, 2.05) is 0 Å². The maximum absolute atomic E-state index is 12.4. The number of hydrogen-bond donors (Lipinski definition) is 3. The van der Waals surface area contributed by atoms with Gasteiger partial charge in [-0.15, -0.1) is 0 Å². The molecule has 1 heterocycles. The third kappa shape index (κ3) is 5.69. The van der Waals surface area contributed by atoms with E-state index in [1.54, 1.807) is 42.5 Å². The summed E-state index contributed by atoms with van der Waals surface area (Å²) in [4.78, 5) is 24.0. The van der Waals surface area contributed by atoms with Gasteiger partial charge in [0.15, 0.2) is 0 Å². The molecule has 0 saturated carbocycles. The van der Waals surface area contributed by atoms with Gasteiger partial charge in [-0.25, -0.2) is 8.42 Å². The van der Waals surface area contributed by atoms with Gasteiger partial charge in [-0.3, -0.25) is 14.3 Å². The SMILES string of the molecule is O=C(CNC(=O)c1ccc(S(=O)(=O)Nc2ccccc2)cc1)NCc1ccco1. The number of benzene rings is 2. The minimum atomic E-state index is -3.77. The number of para-hydroxylation sites is 1. The first-order valence-electron chi connectivity index (χ1n) is 8.69. The van der Waals surface area contributed by atoms with Crippen molar-refractivity contribution in [3.63, 3.8) is 0 Å². The third-order valence-electron chi connectivity index (χ3n) is 3.90. The van der Waals surface area contributed by atoms with Gasteiger partial charge in [0.1, 0.15) is 5.76 Å². The van der Waals surface area contributed by atoms with Gasteiger partial charge in [0.05, 0.1) is 24.2 Å². The van der Waals surface area contributed by atoms with Crippen LogP contribution in [-0.4, -0.2) is 26.8 Å².